The number of para-hydroxylation sites is 1. The van der Waals surface area contributed by atoms with Crippen LogP contribution >= 0.6 is 7.75 Å². The predicted octanol–water partition coefficient (Wildman–Crippen LogP) is 3.03. The second-order valence-electron chi connectivity index (χ2n) is 8.63. The van der Waals surface area contributed by atoms with Gasteiger partial charge in [0.1, 0.15) is 24.6 Å². The number of nitrogens with one attached hydrogen (secondary N) is 2. The maximum Gasteiger partial charge on any atom is 0.459 e. The molecule has 2 aromatic heterocycles. The van der Waals surface area contributed by atoms with Crippen molar-refractivity contribution in [3.05, 3.63) is 36.7 Å². The third-order valence-electron chi connectivity index (χ3n) is 5.72. The van der Waals surface area contributed by atoms with E-state index < -0.39 is 38.4 Å². The zero-order valence-corrected chi connectivity index (χ0v) is 21.6. The molecule has 1 aliphatic rings. The molecule has 0 unspecified atom stereocenters. The molecule has 13 nitrogen and oxygen atoms in total. The number of halogens is 1. The van der Waals surface area contributed by atoms with E-state index >= 15 is 4.39 Å². The van der Waals surface area contributed by atoms with Gasteiger partial charge in [0.2, 0.25) is 11.8 Å². The third-order valence-corrected chi connectivity index (χ3v) is 7.34. The fraction of sp³-hybridized carbons (Fsp3) is 0.455. The van der Waals surface area contributed by atoms with Crippen molar-refractivity contribution in [1.82, 2.24) is 24.6 Å². The van der Waals surface area contributed by atoms with Crippen molar-refractivity contribution in [2.24, 2.45) is 5.92 Å². The Balaban J connectivity index is 1.54. The number of hydrogen-bond donors (Lipinski definition) is 3. The summed E-state index contributed by atoms with van der Waals surface area (Å²) in [6.45, 7) is 2.46. The Bertz CT molecular complexity index is 1310. The molecule has 15 heteroatoms. The van der Waals surface area contributed by atoms with E-state index in [2.05, 4.69) is 30.1 Å². The molecule has 0 saturated carbocycles. The molecule has 200 valence electrons. The summed E-state index contributed by atoms with van der Waals surface area (Å²) >= 11 is 0. The van der Waals surface area contributed by atoms with E-state index in [0.29, 0.717) is 17.0 Å². The standard InChI is InChI=1S/C22H29FN7O6P/c1-13-10-22(23,35-19(13)30-12-26-16-17(25-3)27-21(24)28-18(16)30)11-34-37(32,29-14(2)20(31)33-4)36-15-8-6-5-7-9-15/h5-9,12-14,19H,10-11H2,1-4H3,(H,29,32)(H3,24,25,27,28)/t13-,14+,19+,22-,37-/m0/s1. The molecule has 0 aliphatic carbocycles. The largest absolute Gasteiger partial charge is 0.468 e. The van der Waals surface area contributed by atoms with E-state index in [4.69, 9.17) is 19.5 Å². The first-order valence-electron chi connectivity index (χ1n) is 11.5. The second-order valence-corrected chi connectivity index (χ2v) is 10.3. The van der Waals surface area contributed by atoms with Gasteiger partial charge in [-0.2, -0.15) is 15.1 Å². The number of anilines is 2. The minimum Gasteiger partial charge on any atom is -0.468 e. The number of methoxy groups -OCH3 is 1. The number of fused-ring (bicyclic) bond motifs is 1. The maximum absolute atomic E-state index is 15.9. The Morgan fingerprint density at radius 1 is 1.38 bits per heavy atom. The summed E-state index contributed by atoms with van der Waals surface area (Å²) in [5, 5.41) is 5.39. The van der Waals surface area contributed by atoms with Crippen molar-refractivity contribution >= 4 is 36.6 Å². The molecular formula is C22H29FN7O6P. The van der Waals surface area contributed by atoms with Crippen LogP contribution in [-0.4, -0.2) is 58.1 Å². The number of aromatic nitrogens is 4. The van der Waals surface area contributed by atoms with Crippen molar-refractivity contribution in [3.63, 3.8) is 0 Å². The lowest BCUT2D eigenvalue weighted by Gasteiger charge is -2.26. The summed E-state index contributed by atoms with van der Waals surface area (Å²) in [5.41, 5.74) is 6.63. The molecule has 5 atom stereocenters. The number of imidazole rings is 1. The van der Waals surface area contributed by atoms with Crippen molar-refractivity contribution in [1.29, 1.82) is 0 Å². The zero-order chi connectivity index (χ0) is 26.8. The van der Waals surface area contributed by atoms with Gasteiger partial charge < -0.3 is 25.0 Å². The number of benzene rings is 1. The Morgan fingerprint density at radius 3 is 2.78 bits per heavy atom. The van der Waals surface area contributed by atoms with Crippen LogP contribution in [0.15, 0.2) is 36.7 Å². The van der Waals surface area contributed by atoms with Crippen LogP contribution < -0.4 is 20.7 Å². The quantitative estimate of drug-likeness (QED) is 0.256. The Labute approximate surface area is 212 Å². The number of rotatable bonds is 10. The number of ether oxygens (including phenoxy) is 2. The number of esters is 1. The minimum atomic E-state index is -4.25. The van der Waals surface area contributed by atoms with Crippen LogP contribution in [0.3, 0.4) is 0 Å². The molecule has 0 spiro atoms. The Hall–Kier alpha value is -3.32. The number of hydrogen-bond acceptors (Lipinski definition) is 11. The number of nitrogens with zero attached hydrogens (tertiary/aromatic N) is 4. The predicted molar refractivity (Wildman–Crippen MR) is 132 cm³/mol. The van der Waals surface area contributed by atoms with Crippen molar-refractivity contribution in [3.8, 4) is 5.75 Å². The smallest absolute Gasteiger partial charge is 0.459 e. The summed E-state index contributed by atoms with van der Waals surface area (Å²) in [4.78, 5) is 24.6. The van der Waals surface area contributed by atoms with E-state index in [1.165, 1.54) is 20.4 Å². The molecule has 1 aromatic carbocycles. The van der Waals surface area contributed by atoms with Crippen LogP contribution in [0.2, 0.25) is 0 Å². The van der Waals surface area contributed by atoms with Crippen molar-refractivity contribution in [2.75, 3.05) is 31.8 Å². The first-order valence-corrected chi connectivity index (χ1v) is 13.0. The Morgan fingerprint density at radius 2 is 2.11 bits per heavy atom. The first kappa shape index (κ1) is 26.7. The number of alkyl halides is 1. The minimum absolute atomic E-state index is 0.0175. The molecule has 0 radical (unpaired) electrons. The molecule has 0 bridgehead atoms. The second kappa shape index (κ2) is 10.6. The molecule has 4 rings (SSSR count). The molecule has 1 fully saturated rings. The highest BCUT2D eigenvalue weighted by Gasteiger charge is 2.49. The van der Waals surface area contributed by atoms with Crippen molar-refractivity contribution in [2.45, 2.75) is 38.4 Å². The summed E-state index contributed by atoms with van der Waals surface area (Å²) in [6, 6.07) is 7.11. The monoisotopic (exact) mass is 537 g/mol. The summed E-state index contributed by atoms with van der Waals surface area (Å²) in [6.07, 6.45) is 0.569. The molecular weight excluding hydrogens is 508 g/mol. The van der Waals surface area contributed by atoms with E-state index in [-0.39, 0.29) is 24.0 Å². The zero-order valence-electron chi connectivity index (χ0n) is 20.8. The molecule has 3 heterocycles. The molecule has 0 amide bonds. The maximum atomic E-state index is 15.9. The fourth-order valence-electron chi connectivity index (χ4n) is 4.04. The van der Waals surface area contributed by atoms with Crippen LogP contribution in [0.5, 0.6) is 5.75 Å². The van der Waals surface area contributed by atoms with Crippen LogP contribution in [0.1, 0.15) is 26.5 Å². The SMILES string of the molecule is CNc1nc(N)nc2c1ncn2[C@@H]1O[C@](F)(CO[P@@](=O)(N[C@H](C)C(=O)OC)Oc2ccccc2)C[C@@H]1C. The van der Waals surface area contributed by atoms with Gasteiger partial charge in [0.25, 0.3) is 0 Å². The molecule has 37 heavy (non-hydrogen) atoms. The van der Waals surface area contributed by atoms with Gasteiger partial charge in [0, 0.05) is 19.4 Å². The summed E-state index contributed by atoms with van der Waals surface area (Å²) in [5.74, 6) is -2.75. The third kappa shape index (κ3) is 5.82. The van der Waals surface area contributed by atoms with E-state index in [0.717, 1.165) is 0 Å². The molecule has 1 aliphatic heterocycles. The topological polar surface area (TPSA) is 165 Å². The highest BCUT2D eigenvalue weighted by atomic mass is 31.2. The normalized spacial score (nSPS) is 23.9. The van der Waals surface area contributed by atoms with E-state index in [9.17, 15) is 9.36 Å². The van der Waals surface area contributed by atoms with Crippen LogP contribution in [0.25, 0.3) is 11.2 Å². The molecule has 1 saturated heterocycles. The van der Waals surface area contributed by atoms with Gasteiger partial charge in [0.05, 0.1) is 13.4 Å². The Kier molecular flexibility index (Phi) is 7.64. The highest BCUT2D eigenvalue weighted by molar-refractivity contribution is 7.52. The average Bonchev–Trinajstić information content (AvgIpc) is 3.42. The summed E-state index contributed by atoms with van der Waals surface area (Å²) < 4.78 is 52.5. The van der Waals surface area contributed by atoms with Gasteiger partial charge in [-0.15, -0.1) is 0 Å². The van der Waals surface area contributed by atoms with Crippen LogP contribution in [-0.2, 0) is 23.4 Å². The fourth-order valence-corrected chi connectivity index (χ4v) is 5.56. The van der Waals surface area contributed by atoms with Crippen LogP contribution in [0.4, 0.5) is 16.2 Å². The van der Waals surface area contributed by atoms with Gasteiger partial charge in [-0.1, -0.05) is 25.1 Å². The highest BCUT2D eigenvalue weighted by Crippen LogP contribution is 2.49. The number of carbonyl (C=O) groups excluding carboxylic acids is 1. The molecule has 3 aromatic rings. The van der Waals surface area contributed by atoms with Crippen LogP contribution in [0, 0.1) is 5.92 Å². The lowest BCUT2D eigenvalue weighted by Crippen LogP contribution is -2.36. The van der Waals surface area contributed by atoms with Gasteiger partial charge in [-0.05, 0) is 19.1 Å². The number of nitrogens with two attached hydrogens (primary N) is 1. The van der Waals surface area contributed by atoms with Gasteiger partial charge in [-0.25, -0.2) is 13.9 Å². The van der Waals surface area contributed by atoms with Crippen molar-refractivity contribution < 1.29 is 32.3 Å². The summed E-state index contributed by atoms with van der Waals surface area (Å²) in [7, 11) is -1.39. The number of carbonyl (C=O) groups is 1. The van der Waals surface area contributed by atoms with E-state index in [1.807, 2.05) is 0 Å². The lowest BCUT2D eigenvalue weighted by molar-refractivity contribution is -0.173. The van der Waals surface area contributed by atoms with Gasteiger partial charge >= 0.3 is 13.7 Å². The van der Waals surface area contributed by atoms with E-state index in [1.54, 1.807) is 48.9 Å². The average molecular weight is 537 g/mol. The first-order chi connectivity index (χ1) is 17.6. The molecule has 4 N–H and O–H groups in total. The lowest BCUT2D eigenvalue weighted by atomic mass is 10.1. The van der Waals surface area contributed by atoms with Gasteiger partial charge in [-0.3, -0.25) is 13.9 Å². The van der Waals surface area contributed by atoms with Gasteiger partial charge in [0.15, 0.2) is 17.0 Å². The number of nitrogen functional groups attached to an aromatic ring is 1.